The van der Waals surface area contributed by atoms with Crippen molar-refractivity contribution < 1.29 is 19.1 Å². The van der Waals surface area contributed by atoms with Gasteiger partial charge in [-0.15, -0.1) is 0 Å². The largest absolute Gasteiger partial charge is 0.463 e. The van der Waals surface area contributed by atoms with Crippen LogP contribution in [0.15, 0.2) is 23.3 Å². The highest BCUT2D eigenvalue weighted by atomic mass is 16.5. The van der Waals surface area contributed by atoms with E-state index < -0.39 is 0 Å². The average molecular weight is 399 g/mol. The van der Waals surface area contributed by atoms with E-state index in [4.69, 9.17) is 9.47 Å². The van der Waals surface area contributed by atoms with E-state index >= 15 is 0 Å². The van der Waals surface area contributed by atoms with Gasteiger partial charge in [-0.1, -0.05) is 25.5 Å². The summed E-state index contributed by atoms with van der Waals surface area (Å²) in [7, 11) is 0. The predicted octanol–water partition coefficient (Wildman–Crippen LogP) is 4.98. The van der Waals surface area contributed by atoms with Crippen molar-refractivity contribution in [1.82, 2.24) is 0 Å². The highest BCUT2D eigenvalue weighted by molar-refractivity contribution is 5.85. The molecule has 29 heavy (non-hydrogen) atoms. The summed E-state index contributed by atoms with van der Waals surface area (Å²) in [6, 6.07) is 0. The van der Waals surface area contributed by atoms with E-state index in [-0.39, 0.29) is 23.5 Å². The van der Waals surface area contributed by atoms with Crippen LogP contribution in [0, 0.1) is 34.5 Å². The van der Waals surface area contributed by atoms with Crippen molar-refractivity contribution in [2.24, 2.45) is 34.5 Å². The number of carbonyl (C=O) groups is 2. The van der Waals surface area contributed by atoms with E-state index in [1.165, 1.54) is 44.6 Å². The van der Waals surface area contributed by atoms with Crippen LogP contribution in [0.25, 0.3) is 0 Å². The Hall–Kier alpha value is -1.58. The van der Waals surface area contributed by atoms with Gasteiger partial charge in [-0.2, -0.15) is 0 Å². The number of hydrogen-bond donors (Lipinski definition) is 0. The molecule has 5 rings (SSSR count). The number of esters is 2. The van der Waals surface area contributed by atoms with Crippen molar-refractivity contribution in [2.75, 3.05) is 6.61 Å². The summed E-state index contributed by atoms with van der Waals surface area (Å²) in [6.45, 7) is 7.00. The Morgan fingerprint density at radius 1 is 1.17 bits per heavy atom. The van der Waals surface area contributed by atoms with Crippen LogP contribution >= 0.6 is 0 Å². The van der Waals surface area contributed by atoms with E-state index in [2.05, 4.69) is 19.9 Å². The molecule has 1 heterocycles. The zero-order chi connectivity index (χ0) is 20.4. The third-order valence-corrected chi connectivity index (χ3v) is 9.48. The molecule has 3 fully saturated rings. The lowest BCUT2D eigenvalue weighted by atomic mass is 9.45. The third-order valence-electron chi connectivity index (χ3n) is 9.48. The minimum absolute atomic E-state index is 0.123. The van der Waals surface area contributed by atoms with Crippen molar-refractivity contribution >= 4 is 11.9 Å². The smallest absolute Gasteiger partial charge is 0.331 e. The summed E-state index contributed by atoms with van der Waals surface area (Å²) in [5.41, 5.74) is 3.45. The number of ether oxygens (including phenoxy) is 2. The average Bonchev–Trinajstić information content (AvgIpc) is 3.24. The summed E-state index contributed by atoms with van der Waals surface area (Å²) in [5, 5.41) is 0. The highest BCUT2D eigenvalue weighted by Crippen LogP contribution is 2.66. The minimum Gasteiger partial charge on any atom is -0.463 e. The van der Waals surface area contributed by atoms with Crippen molar-refractivity contribution in [3.63, 3.8) is 0 Å². The lowest BCUT2D eigenvalue weighted by molar-refractivity contribution is -0.155. The van der Waals surface area contributed by atoms with Gasteiger partial charge in [0.1, 0.15) is 12.7 Å². The molecule has 3 saturated carbocycles. The van der Waals surface area contributed by atoms with Crippen LogP contribution in [-0.2, 0) is 19.1 Å². The first kappa shape index (κ1) is 19.4. The van der Waals surface area contributed by atoms with E-state index in [1.54, 1.807) is 11.6 Å². The van der Waals surface area contributed by atoms with Gasteiger partial charge >= 0.3 is 11.9 Å². The Labute approximate surface area is 174 Å². The van der Waals surface area contributed by atoms with Crippen LogP contribution in [0.5, 0.6) is 0 Å². The zero-order valence-corrected chi connectivity index (χ0v) is 18.0. The van der Waals surface area contributed by atoms with Gasteiger partial charge in [-0.3, -0.25) is 4.79 Å². The Kier molecular flexibility index (Phi) is 4.49. The topological polar surface area (TPSA) is 52.6 Å². The fourth-order valence-corrected chi connectivity index (χ4v) is 8.04. The molecule has 4 heteroatoms. The molecular formula is C25H34O4. The number of carbonyl (C=O) groups excluding carboxylic acids is 2. The van der Waals surface area contributed by atoms with Gasteiger partial charge in [0.25, 0.3) is 0 Å². The molecule has 0 radical (unpaired) electrons. The van der Waals surface area contributed by atoms with Crippen LogP contribution in [0.4, 0.5) is 0 Å². The second kappa shape index (κ2) is 6.72. The van der Waals surface area contributed by atoms with Gasteiger partial charge < -0.3 is 9.47 Å². The Balaban J connectivity index is 1.36. The van der Waals surface area contributed by atoms with Gasteiger partial charge in [-0.05, 0) is 91.4 Å². The molecule has 4 aliphatic carbocycles. The summed E-state index contributed by atoms with van der Waals surface area (Å²) < 4.78 is 10.8. The summed E-state index contributed by atoms with van der Waals surface area (Å²) >= 11 is 0. The summed E-state index contributed by atoms with van der Waals surface area (Å²) in [5.74, 6) is 2.24. The molecule has 4 nitrogen and oxygen atoms in total. The van der Waals surface area contributed by atoms with Crippen LogP contribution in [0.2, 0.25) is 0 Å². The highest BCUT2D eigenvalue weighted by Gasteiger charge is 2.58. The molecule has 158 valence electrons. The standard InChI is InChI=1S/C25H34O4/c1-15(26)29-18-8-10-24(2)17(13-18)4-5-19-21-7-6-20(16-12-23(27)28-14-16)25(21,3)11-9-22(19)24/h7,12,17-20,22H,4-6,8-11,13-14H2,1-3H3/t17-,18-,19-,20-,22+,24-,25-/m1/s1. The molecule has 0 aromatic heterocycles. The van der Waals surface area contributed by atoms with E-state index in [0.29, 0.717) is 29.8 Å². The van der Waals surface area contributed by atoms with Crippen LogP contribution in [-0.4, -0.2) is 24.6 Å². The second-order valence-electron chi connectivity index (χ2n) is 10.7. The van der Waals surface area contributed by atoms with E-state index in [9.17, 15) is 9.59 Å². The van der Waals surface area contributed by atoms with Gasteiger partial charge in [-0.25, -0.2) is 4.79 Å². The third kappa shape index (κ3) is 2.92. The number of allylic oxidation sites excluding steroid dienone is 2. The van der Waals surface area contributed by atoms with Gasteiger partial charge in [0.15, 0.2) is 0 Å². The van der Waals surface area contributed by atoms with Gasteiger partial charge in [0, 0.05) is 13.0 Å². The number of rotatable bonds is 2. The van der Waals surface area contributed by atoms with Crippen molar-refractivity contribution in [2.45, 2.75) is 78.2 Å². The molecule has 0 saturated heterocycles. The predicted molar refractivity (Wildman–Crippen MR) is 110 cm³/mol. The maximum atomic E-state index is 11.6. The first-order chi connectivity index (χ1) is 13.8. The first-order valence-electron chi connectivity index (χ1n) is 11.6. The maximum Gasteiger partial charge on any atom is 0.331 e. The normalized spacial score (nSPS) is 46.0. The molecule has 5 aliphatic rings. The maximum absolute atomic E-state index is 11.6. The Bertz CT molecular complexity index is 795. The van der Waals surface area contributed by atoms with E-state index in [0.717, 1.165) is 25.2 Å². The second-order valence-corrected chi connectivity index (χ2v) is 10.7. The molecule has 0 bridgehead atoms. The van der Waals surface area contributed by atoms with E-state index in [1.807, 2.05) is 0 Å². The molecule has 7 atom stereocenters. The molecule has 0 aromatic rings. The monoisotopic (exact) mass is 398 g/mol. The van der Waals surface area contributed by atoms with Gasteiger partial charge in [0.05, 0.1) is 0 Å². The quantitative estimate of drug-likeness (QED) is 0.486. The molecule has 0 unspecified atom stereocenters. The summed E-state index contributed by atoms with van der Waals surface area (Å²) in [6.07, 6.45) is 13.7. The molecular weight excluding hydrogens is 364 g/mol. The fourth-order valence-electron chi connectivity index (χ4n) is 8.04. The van der Waals surface area contributed by atoms with Gasteiger partial charge in [0.2, 0.25) is 0 Å². The lowest BCUT2D eigenvalue weighted by Crippen LogP contribution is -2.52. The zero-order valence-electron chi connectivity index (χ0n) is 18.0. The van der Waals surface area contributed by atoms with Crippen LogP contribution < -0.4 is 0 Å². The summed E-state index contributed by atoms with van der Waals surface area (Å²) in [4.78, 5) is 23.1. The molecule has 0 N–H and O–H groups in total. The Morgan fingerprint density at radius 3 is 2.72 bits per heavy atom. The van der Waals surface area contributed by atoms with Crippen molar-refractivity contribution in [3.05, 3.63) is 23.3 Å². The van der Waals surface area contributed by atoms with Crippen LogP contribution in [0.3, 0.4) is 0 Å². The number of hydrogen-bond acceptors (Lipinski definition) is 4. The molecule has 0 amide bonds. The number of fused-ring (bicyclic) bond motifs is 5. The fraction of sp³-hybridized carbons (Fsp3) is 0.760. The number of cyclic esters (lactones) is 1. The molecule has 1 aliphatic heterocycles. The minimum atomic E-state index is -0.164. The molecule has 0 aromatic carbocycles. The SMILES string of the molecule is CC(=O)O[C@@H]1CC[C@]2(C)[C@H](CC[C@@H]3C4=CC[C@H](C5=CC(=O)OC5)[C@@]4(C)CC[C@@H]32)C1. The van der Waals surface area contributed by atoms with Crippen LogP contribution in [0.1, 0.15) is 72.1 Å². The lowest BCUT2D eigenvalue weighted by Gasteiger charge is -2.59. The van der Waals surface area contributed by atoms with Crippen molar-refractivity contribution in [3.8, 4) is 0 Å². The molecule has 0 spiro atoms. The Morgan fingerprint density at radius 2 is 2.00 bits per heavy atom. The first-order valence-corrected chi connectivity index (χ1v) is 11.6. The van der Waals surface area contributed by atoms with Crippen molar-refractivity contribution in [1.29, 1.82) is 0 Å².